The van der Waals surface area contributed by atoms with E-state index in [9.17, 15) is 15.0 Å². The molecule has 2 rings (SSSR count). The number of hydrogen-bond acceptors (Lipinski definition) is 6. The van der Waals surface area contributed by atoms with Crippen LogP contribution in [-0.4, -0.2) is 48.4 Å². The Bertz CT molecular complexity index is 816. The van der Waals surface area contributed by atoms with Crippen LogP contribution in [0.5, 0.6) is 11.5 Å². The van der Waals surface area contributed by atoms with Crippen molar-refractivity contribution in [1.82, 2.24) is 0 Å². The van der Waals surface area contributed by atoms with E-state index in [-0.39, 0.29) is 17.5 Å². The van der Waals surface area contributed by atoms with Crippen LogP contribution in [0.25, 0.3) is 0 Å². The maximum Gasteiger partial charge on any atom is 0.300 e. The van der Waals surface area contributed by atoms with Crippen LogP contribution in [0.15, 0.2) is 12.1 Å². The highest BCUT2D eigenvalue weighted by molar-refractivity contribution is 6.33. The van der Waals surface area contributed by atoms with Crippen LogP contribution in [0.4, 0.5) is 0 Å². The summed E-state index contributed by atoms with van der Waals surface area (Å²) in [5.74, 6) is -0.0144. The van der Waals surface area contributed by atoms with Crippen molar-refractivity contribution in [2.24, 2.45) is 5.92 Å². The summed E-state index contributed by atoms with van der Waals surface area (Å²) in [4.78, 5) is 12.2. The Morgan fingerprint density at radius 1 is 1.12 bits per heavy atom. The SMILES string of the molecule is CCCCOc1cc(O)c(C2(OCCCC)C([B]OC(C)(C)C(C)(C)O)[C@@H]2C=O)cc1C(C)C. The molecule has 2 unspecified atom stereocenters. The van der Waals surface area contributed by atoms with Crippen molar-refractivity contribution in [1.29, 1.82) is 0 Å². The average molecular weight is 475 g/mol. The van der Waals surface area contributed by atoms with Gasteiger partial charge in [-0.25, -0.2) is 0 Å². The van der Waals surface area contributed by atoms with Gasteiger partial charge in [0.25, 0.3) is 0 Å². The van der Waals surface area contributed by atoms with Crippen molar-refractivity contribution >= 4 is 13.8 Å². The summed E-state index contributed by atoms with van der Waals surface area (Å²) in [5, 5.41) is 21.6. The average Bonchev–Trinajstić information content (AvgIpc) is 3.38. The molecule has 2 N–H and O–H groups in total. The van der Waals surface area contributed by atoms with Gasteiger partial charge in [0.05, 0.1) is 17.8 Å². The summed E-state index contributed by atoms with van der Waals surface area (Å²) >= 11 is 0. The van der Waals surface area contributed by atoms with Crippen molar-refractivity contribution in [3.05, 3.63) is 23.3 Å². The lowest BCUT2D eigenvalue weighted by molar-refractivity contribution is -0.111. The van der Waals surface area contributed by atoms with Crippen molar-refractivity contribution in [3.63, 3.8) is 0 Å². The molecule has 1 aromatic carbocycles. The van der Waals surface area contributed by atoms with Crippen LogP contribution in [0.2, 0.25) is 5.82 Å². The standard InChI is InChI=1S/C27H44BO6/c1-9-11-13-32-23-16-22(30)20(15-19(23)18(3)4)27(33-14-12-10-2)21(17-29)24(27)28-34-26(7,8)25(5,6)31/h15-18,21,24,30-31H,9-14H2,1-8H3/t21-,24?,27?/m0/s1. The normalized spacial score (nSPS) is 22.6. The summed E-state index contributed by atoms with van der Waals surface area (Å²) in [6.07, 6.45) is 4.63. The largest absolute Gasteiger partial charge is 0.507 e. The number of aldehydes is 1. The molecule has 191 valence electrons. The smallest absolute Gasteiger partial charge is 0.300 e. The maximum absolute atomic E-state index is 12.2. The van der Waals surface area contributed by atoms with Gasteiger partial charge in [0.2, 0.25) is 0 Å². The Balaban J connectivity index is 2.46. The molecular weight excluding hydrogens is 431 g/mol. The molecule has 1 aliphatic rings. The van der Waals surface area contributed by atoms with E-state index in [2.05, 4.69) is 27.7 Å². The number of aliphatic hydroxyl groups is 1. The third-order valence-corrected chi connectivity index (χ3v) is 7.16. The highest BCUT2D eigenvalue weighted by Crippen LogP contribution is 2.66. The van der Waals surface area contributed by atoms with Crippen molar-refractivity contribution in [2.75, 3.05) is 13.2 Å². The molecule has 0 aliphatic heterocycles. The highest BCUT2D eigenvalue weighted by Gasteiger charge is 2.69. The number of unbranched alkanes of at least 4 members (excludes halogenated alkanes) is 2. The number of phenols is 1. The molecule has 0 spiro atoms. The van der Waals surface area contributed by atoms with Gasteiger partial charge < -0.3 is 29.1 Å². The molecule has 0 heterocycles. The number of carbonyl (C=O) groups is 1. The molecule has 0 saturated heterocycles. The first-order valence-electron chi connectivity index (χ1n) is 12.7. The Kier molecular flexibility index (Phi) is 9.65. The zero-order valence-electron chi connectivity index (χ0n) is 22.3. The van der Waals surface area contributed by atoms with Gasteiger partial charge in [-0.2, -0.15) is 0 Å². The van der Waals surface area contributed by atoms with Gasteiger partial charge in [-0.3, -0.25) is 0 Å². The number of carbonyl (C=O) groups excluding carboxylic acids is 1. The first kappa shape index (κ1) is 28.7. The van der Waals surface area contributed by atoms with Gasteiger partial charge >= 0.3 is 7.48 Å². The summed E-state index contributed by atoms with van der Waals surface area (Å²) in [5.41, 5.74) is -1.43. The third-order valence-electron chi connectivity index (χ3n) is 7.16. The minimum absolute atomic E-state index is 0.0527. The molecule has 0 aromatic heterocycles. The predicted molar refractivity (Wildman–Crippen MR) is 136 cm³/mol. The molecule has 0 amide bonds. The Morgan fingerprint density at radius 2 is 1.74 bits per heavy atom. The van der Waals surface area contributed by atoms with Crippen LogP contribution in [0.1, 0.15) is 98.1 Å². The fourth-order valence-corrected chi connectivity index (χ4v) is 3.99. The van der Waals surface area contributed by atoms with Gasteiger partial charge in [-0.1, -0.05) is 40.5 Å². The monoisotopic (exact) mass is 475 g/mol. The third kappa shape index (κ3) is 5.97. The zero-order valence-corrected chi connectivity index (χ0v) is 22.3. The van der Waals surface area contributed by atoms with E-state index in [1.54, 1.807) is 41.2 Å². The van der Waals surface area contributed by atoms with E-state index in [4.69, 9.17) is 14.1 Å². The van der Waals surface area contributed by atoms with Gasteiger partial charge in [-0.15, -0.1) is 0 Å². The Labute approximate surface area is 206 Å². The minimum Gasteiger partial charge on any atom is -0.507 e. The number of hydrogen-bond donors (Lipinski definition) is 2. The molecule has 3 atom stereocenters. The molecule has 0 bridgehead atoms. The Hall–Kier alpha value is -1.57. The molecule has 1 aromatic rings. The lowest BCUT2D eigenvalue weighted by Crippen LogP contribution is -2.48. The summed E-state index contributed by atoms with van der Waals surface area (Å²) in [6.45, 7) is 16.4. The van der Waals surface area contributed by atoms with Crippen LogP contribution in [0.3, 0.4) is 0 Å². The Morgan fingerprint density at radius 3 is 2.26 bits per heavy atom. The summed E-state index contributed by atoms with van der Waals surface area (Å²) in [6, 6.07) is 3.59. The molecule has 6 nitrogen and oxygen atoms in total. The van der Waals surface area contributed by atoms with Crippen molar-refractivity contribution < 1.29 is 29.1 Å². The van der Waals surface area contributed by atoms with Crippen molar-refractivity contribution in [3.8, 4) is 11.5 Å². The quantitative estimate of drug-likeness (QED) is 0.198. The van der Waals surface area contributed by atoms with E-state index in [1.165, 1.54) is 0 Å². The first-order chi connectivity index (χ1) is 15.9. The first-order valence-corrected chi connectivity index (χ1v) is 12.7. The summed E-state index contributed by atoms with van der Waals surface area (Å²) in [7, 11) is 1.61. The molecule has 1 aliphatic carbocycles. The number of ether oxygens (including phenoxy) is 2. The highest BCUT2D eigenvalue weighted by atomic mass is 16.5. The van der Waals surface area contributed by atoms with Gasteiger partial charge in [0.1, 0.15) is 23.4 Å². The molecule has 7 heteroatoms. The number of phenolic OH excluding ortho intramolecular Hbond substituents is 1. The second-order valence-electron chi connectivity index (χ2n) is 10.8. The fourth-order valence-electron chi connectivity index (χ4n) is 3.99. The lowest BCUT2D eigenvalue weighted by Gasteiger charge is -2.37. The molecular formula is C27H44BO6. The fraction of sp³-hybridized carbons (Fsp3) is 0.741. The second kappa shape index (κ2) is 11.4. The summed E-state index contributed by atoms with van der Waals surface area (Å²) < 4.78 is 18.4. The van der Waals surface area contributed by atoms with Gasteiger partial charge in [0, 0.05) is 30.0 Å². The molecule has 1 radical (unpaired) electrons. The van der Waals surface area contributed by atoms with E-state index in [0.717, 1.165) is 37.5 Å². The topological polar surface area (TPSA) is 85.2 Å². The van der Waals surface area contributed by atoms with Crippen LogP contribution < -0.4 is 4.74 Å². The van der Waals surface area contributed by atoms with Gasteiger partial charge in [-0.05, 0) is 58.1 Å². The number of benzene rings is 1. The van der Waals surface area contributed by atoms with Gasteiger partial charge in [0.15, 0.2) is 0 Å². The molecule has 1 fully saturated rings. The maximum atomic E-state index is 12.2. The lowest BCUT2D eigenvalue weighted by atomic mass is 9.81. The van der Waals surface area contributed by atoms with E-state index < -0.39 is 22.7 Å². The zero-order chi connectivity index (χ0) is 25.7. The predicted octanol–water partition coefficient (Wildman–Crippen LogP) is 5.51. The van der Waals surface area contributed by atoms with Crippen LogP contribution >= 0.6 is 0 Å². The van der Waals surface area contributed by atoms with Crippen LogP contribution in [0, 0.1) is 5.92 Å². The second-order valence-corrected chi connectivity index (χ2v) is 10.8. The number of rotatable bonds is 15. The molecule has 34 heavy (non-hydrogen) atoms. The van der Waals surface area contributed by atoms with Crippen molar-refractivity contribution in [2.45, 2.75) is 110 Å². The van der Waals surface area contributed by atoms with E-state index in [1.807, 2.05) is 6.07 Å². The van der Waals surface area contributed by atoms with E-state index >= 15 is 0 Å². The van der Waals surface area contributed by atoms with Crippen LogP contribution in [-0.2, 0) is 19.8 Å². The number of aromatic hydroxyl groups is 1. The molecule has 1 saturated carbocycles. The van der Waals surface area contributed by atoms with E-state index in [0.29, 0.717) is 24.5 Å². The minimum atomic E-state index is -1.09.